The quantitative estimate of drug-likeness (QED) is 0.938. The summed E-state index contributed by atoms with van der Waals surface area (Å²) in [7, 11) is 0. The Labute approximate surface area is 116 Å². The van der Waals surface area contributed by atoms with Gasteiger partial charge in [0.25, 0.3) is 0 Å². The smallest absolute Gasteiger partial charge is 0.0996 e. The van der Waals surface area contributed by atoms with Crippen LogP contribution in [0.15, 0.2) is 41.3 Å². The fourth-order valence-corrected chi connectivity index (χ4v) is 2.22. The van der Waals surface area contributed by atoms with Crippen molar-refractivity contribution < 1.29 is 5.11 Å². The van der Waals surface area contributed by atoms with E-state index in [0.29, 0.717) is 12.5 Å². The van der Waals surface area contributed by atoms with Crippen LogP contribution in [0.4, 0.5) is 0 Å². The maximum absolute atomic E-state index is 10.3. The van der Waals surface area contributed by atoms with Gasteiger partial charge in [0.2, 0.25) is 0 Å². The summed E-state index contributed by atoms with van der Waals surface area (Å²) < 4.78 is 3.05. The highest BCUT2D eigenvalue weighted by atomic mass is 79.9. The zero-order chi connectivity index (χ0) is 13.1. The largest absolute Gasteiger partial charge is 0.386 e. The highest BCUT2D eigenvalue weighted by molar-refractivity contribution is 9.10. The van der Waals surface area contributed by atoms with Crippen LogP contribution in [0.25, 0.3) is 0 Å². The average molecular weight is 309 g/mol. The molecule has 0 saturated carbocycles. The predicted octanol–water partition coefficient (Wildman–Crippen LogP) is 3.50. The molecule has 1 unspecified atom stereocenters. The normalized spacial score (nSPS) is 12.9. The number of aliphatic hydroxyl groups is 1. The van der Waals surface area contributed by atoms with Crippen molar-refractivity contribution in [3.63, 3.8) is 0 Å². The third-order valence-corrected chi connectivity index (χ3v) is 3.46. The Morgan fingerprint density at radius 2 is 1.94 bits per heavy atom. The number of aliphatic hydroxyl groups excluding tert-OH is 1. The lowest BCUT2D eigenvalue weighted by Gasteiger charge is -2.16. The Morgan fingerprint density at radius 1 is 1.28 bits per heavy atom. The minimum absolute atomic E-state index is 0.307. The number of halogens is 1. The molecule has 0 bridgehead atoms. The van der Waals surface area contributed by atoms with E-state index in [2.05, 4.69) is 34.8 Å². The van der Waals surface area contributed by atoms with Crippen LogP contribution in [0.1, 0.15) is 37.3 Å². The highest BCUT2D eigenvalue weighted by Crippen LogP contribution is 2.21. The van der Waals surface area contributed by atoms with Crippen molar-refractivity contribution in [1.29, 1.82) is 0 Å². The first-order valence-corrected chi connectivity index (χ1v) is 6.81. The van der Waals surface area contributed by atoms with E-state index in [9.17, 15) is 5.11 Å². The topological polar surface area (TPSA) is 38.0 Å². The molecule has 0 aliphatic heterocycles. The van der Waals surface area contributed by atoms with Crippen LogP contribution >= 0.6 is 15.9 Å². The van der Waals surface area contributed by atoms with Crippen LogP contribution in [0.5, 0.6) is 0 Å². The van der Waals surface area contributed by atoms with Gasteiger partial charge < -0.3 is 9.67 Å². The number of imidazole rings is 1. The van der Waals surface area contributed by atoms with Crippen LogP contribution in [0.2, 0.25) is 0 Å². The lowest BCUT2D eigenvalue weighted by Crippen LogP contribution is -2.10. The minimum atomic E-state index is -0.518. The summed E-state index contributed by atoms with van der Waals surface area (Å²) in [6.07, 6.45) is 3.59. The number of aromatic nitrogens is 2. The number of benzene rings is 1. The lowest BCUT2D eigenvalue weighted by molar-refractivity contribution is 0.167. The van der Waals surface area contributed by atoms with E-state index in [1.165, 1.54) is 0 Å². The third kappa shape index (κ3) is 3.00. The molecule has 1 aromatic heterocycles. The van der Waals surface area contributed by atoms with Gasteiger partial charge in [0.1, 0.15) is 0 Å². The summed E-state index contributed by atoms with van der Waals surface area (Å²) in [5.41, 5.74) is 1.98. The molecular formula is C14H17BrN2O. The van der Waals surface area contributed by atoms with Gasteiger partial charge in [-0.05, 0) is 31.5 Å². The molecule has 1 heterocycles. The zero-order valence-electron chi connectivity index (χ0n) is 10.5. The molecular weight excluding hydrogens is 292 g/mol. The van der Waals surface area contributed by atoms with Gasteiger partial charge in [0, 0.05) is 16.9 Å². The van der Waals surface area contributed by atoms with Crippen LogP contribution in [0.3, 0.4) is 0 Å². The molecule has 4 heteroatoms. The molecule has 1 N–H and O–H groups in total. The van der Waals surface area contributed by atoms with Crippen molar-refractivity contribution in [3.05, 3.63) is 52.5 Å². The summed E-state index contributed by atoms with van der Waals surface area (Å²) >= 11 is 3.40. The molecule has 1 atom stereocenters. The first-order valence-electron chi connectivity index (χ1n) is 6.02. The maximum Gasteiger partial charge on any atom is 0.0996 e. The molecule has 2 rings (SSSR count). The first-order chi connectivity index (χ1) is 8.58. The molecule has 3 nitrogen and oxygen atoms in total. The van der Waals surface area contributed by atoms with E-state index in [1.54, 1.807) is 12.5 Å². The van der Waals surface area contributed by atoms with Gasteiger partial charge in [-0.3, -0.25) is 0 Å². The van der Waals surface area contributed by atoms with Gasteiger partial charge in [-0.15, -0.1) is 0 Å². The molecule has 0 amide bonds. The summed E-state index contributed by atoms with van der Waals surface area (Å²) in [6, 6.07) is 8.32. The Balaban J connectivity index is 2.14. The SMILES string of the molecule is CC(C)n1cncc1C(O)Cc1ccc(Br)cc1. The second-order valence-electron chi connectivity index (χ2n) is 4.67. The molecule has 0 fully saturated rings. The van der Waals surface area contributed by atoms with Crippen LogP contribution in [0, 0.1) is 0 Å². The van der Waals surface area contributed by atoms with Crippen LogP contribution < -0.4 is 0 Å². The van der Waals surface area contributed by atoms with Crippen molar-refractivity contribution >= 4 is 15.9 Å². The fraction of sp³-hybridized carbons (Fsp3) is 0.357. The average Bonchev–Trinajstić information content (AvgIpc) is 2.81. The summed E-state index contributed by atoms with van der Waals surface area (Å²) in [6.45, 7) is 4.16. The van der Waals surface area contributed by atoms with E-state index < -0.39 is 6.10 Å². The van der Waals surface area contributed by atoms with E-state index in [-0.39, 0.29) is 0 Å². The van der Waals surface area contributed by atoms with Gasteiger partial charge in [0.15, 0.2) is 0 Å². The first kappa shape index (κ1) is 13.3. The van der Waals surface area contributed by atoms with Crippen LogP contribution in [-0.4, -0.2) is 14.7 Å². The predicted molar refractivity (Wildman–Crippen MR) is 75.4 cm³/mol. The van der Waals surface area contributed by atoms with E-state index >= 15 is 0 Å². The number of rotatable bonds is 4. The summed E-state index contributed by atoms with van der Waals surface area (Å²) in [5.74, 6) is 0. The van der Waals surface area contributed by atoms with Gasteiger partial charge >= 0.3 is 0 Å². The number of hydrogen-bond acceptors (Lipinski definition) is 2. The summed E-state index contributed by atoms with van der Waals surface area (Å²) in [4.78, 5) is 4.12. The lowest BCUT2D eigenvalue weighted by atomic mass is 10.1. The van der Waals surface area contributed by atoms with E-state index in [1.807, 2.05) is 28.8 Å². The van der Waals surface area contributed by atoms with Gasteiger partial charge in [0.05, 0.1) is 24.3 Å². The Bertz CT molecular complexity index is 505. The Morgan fingerprint density at radius 3 is 2.56 bits per heavy atom. The second kappa shape index (κ2) is 5.67. The van der Waals surface area contributed by atoms with Gasteiger partial charge in [-0.1, -0.05) is 28.1 Å². The van der Waals surface area contributed by atoms with Crippen molar-refractivity contribution in [2.24, 2.45) is 0 Å². The van der Waals surface area contributed by atoms with Crippen molar-refractivity contribution in [3.8, 4) is 0 Å². The molecule has 0 saturated heterocycles. The molecule has 0 radical (unpaired) electrons. The van der Waals surface area contributed by atoms with Crippen molar-refractivity contribution in [1.82, 2.24) is 9.55 Å². The van der Waals surface area contributed by atoms with Crippen LogP contribution in [-0.2, 0) is 6.42 Å². The number of nitrogens with zero attached hydrogens (tertiary/aromatic N) is 2. The molecule has 2 aromatic rings. The maximum atomic E-state index is 10.3. The van der Waals surface area contributed by atoms with Gasteiger partial charge in [-0.2, -0.15) is 0 Å². The zero-order valence-corrected chi connectivity index (χ0v) is 12.1. The van der Waals surface area contributed by atoms with E-state index in [0.717, 1.165) is 15.7 Å². The monoisotopic (exact) mass is 308 g/mol. The second-order valence-corrected chi connectivity index (χ2v) is 5.58. The van der Waals surface area contributed by atoms with E-state index in [4.69, 9.17) is 0 Å². The third-order valence-electron chi connectivity index (χ3n) is 2.94. The highest BCUT2D eigenvalue weighted by Gasteiger charge is 2.15. The minimum Gasteiger partial charge on any atom is -0.386 e. The molecule has 0 aliphatic rings. The molecule has 96 valence electrons. The Kier molecular flexibility index (Phi) is 4.19. The molecule has 0 aliphatic carbocycles. The molecule has 18 heavy (non-hydrogen) atoms. The standard InChI is InChI=1S/C14H17BrN2O/c1-10(2)17-9-16-8-13(17)14(18)7-11-3-5-12(15)6-4-11/h3-6,8-10,14,18H,7H2,1-2H3. The summed E-state index contributed by atoms with van der Waals surface area (Å²) in [5, 5.41) is 10.3. The molecule has 0 spiro atoms. The Hall–Kier alpha value is -1.13. The van der Waals surface area contributed by atoms with Crippen molar-refractivity contribution in [2.75, 3.05) is 0 Å². The molecule has 1 aromatic carbocycles. The number of hydrogen-bond donors (Lipinski definition) is 1. The van der Waals surface area contributed by atoms with Gasteiger partial charge in [-0.25, -0.2) is 4.98 Å². The fourth-order valence-electron chi connectivity index (χ4n) is 1.95. The van der Waals surface area contributed by atoms with Crippen molar-refractivity contribution in [2.45, 2.75) is 32.4 Å².